The van der Waals surface area contributed by atoms with Gasteiger partial charge in [-0.05, 0) is 44.9 Å². The Labute approximate surface area is 125 Å². The van der Waals surface area contributed by atoms with Crippen molar-refractivity contribution in [3.05, 3.63) is 15.6 Å². The van der Waals surface area contributed by atoms with E-state index in [2.05, 4.69) is 13.8 Å². The van der Waals surface area contributed by atoms with Crippen molar-refractivity contribution < 1.29 is 4.74 Å². The lowest BCUT2D eigenvalue weighted by atomic mass is 9.79. The van der Waals surface area contributed by atoms with Crippen LogP contribution in [0.5, 0.6) is 0 Å². The largest absolute Gasteiger partial charge is 0.368 e. The van der Waals surface area contributed by atoms with Gasteiger partial charge in [0.15, 0.2) is 0 Å². The summed E-state index contributed by atoms with van der Waals surface area (Å²) in [6.45, 7) is 5.83. The number of thiazole rings is 1. The summed E-state index contributed by atoms with van der Waals surface area (Å²) in [4.78, 5) is 6.30. The third kappa shape index (κ3) is 2.66. The van der Waals surface area contributed by atoms with Crippen LogP contribution >= 0.6 is 11.3 Å². The summed E-state index contributed by atoms with van der Waals surface area (Å²) in [5.41, 5.74) is 7.08. The second-order valence-corrected chi connectivity index (χ2v) is 7.52. The third-order valence-corrected chi connectivity index (χ3v) is 5.92. The normalized spacial score (nSPS) is 30.6. The fraction of sp³-hybridized carbons (Fsp3) is 0.812. The number of rotatable bonds is 5. The molecule has 0 aromatic carbocycles. The van der Waals surface area contributed by atoms with Crippen molar-refractivity contribution in [2.75, 3.05) is 6.61 Å². The maximum atomic E-state index is 6.25. The van der Waals surface area contributed by atoms with Crippen LogP contribution in [-0.2, 0) is 16.9 Å². The smallest absolute Gasteiger partial charge is 0.125 e. The van der Waals surface area contributed by atoms with Crippen molar-refractivity contribution in [1.29, 1.82) is 0 Å². The molecule has 0 amide bonds. The molecule has 3 nitrogen and oxygen atoms in total. The molecule has 0 bridgehead atoms. The molecular weight excluding hydrogens is 268 g/mol. The van der Waals surface area contributed by atoms with Crippen LogP contribution in [0.15, 0.2) is 0 Å². The predicted octanol–water partition coefficient (Wildman–Crippen LogP) is 3.92. The SMILES string of the molecule is CCOC1(c2nc(C3CC3)c(CN)s2)CCCC(C)C1. The highest BCUT2D eigenvalue weighted by Crippen LogP contribution is 2.48. The first-order chi connectivity index (χ1) is 9.68. The molecule has 2 aliphatic carbocycles. The first-order valence-corrected chi connectivity index (χ1v) is 8.84. The second-order valence-electron chi connectivity index (χ2n) is 6.43. The van der Waals surface area contributed by atoms with E-state index in [9.17, 15) is 0 Å². The molecule has 2 unspecified atom stereocenters. The number of hydrogen-bond acceptors (Lipinski definition) is 4. The maximum absolute atomic E-state index is 6.25. The van der Waals surface area contributed by atoms with Gasteiger partial charge >= 0.3 is 0 Å². The summed E-state index contributed by atoms with van der Waals surface area (Å²) >= 11 is 1.81. The third-order valence-electron chi connectivity index (χ3n) is 4.64. The van der Waals surface area contributed by atoms with Crippen LogP contribution in [-0.4, -0.2) is 11.6 Å². The molecular formula is C16H26N2OS. The van der Waals surface area contributed by atoms with E-state index in [0.717, 1.165) is 25.4 Å². The van der Waals surface area contributed by atoms with Crippen molar-refractivity contribution in [2.45, 2.75) is 70.4 Å². The molecule has 1 aromatic heterocycles. The van der Waals surface area contributed by atoms with Crippen LogP contribution in [0, 0.1) is 5.92 Å². The summed E-state index contributed by atoms with van der Waals surface area (Å²) in [6, 6.07) is 0. The van der Waals surface area contributed by atoms with Gasteiger partial charge in [-0.15, -0.1) is 11.3 Å². The minimum atomic E-state index is -0.131. The summed E-state index contributed by atoms with van der Waals surface area (Å²) in [6.07, 6.45) is 7.37. The average molecular weight is 294 g/mol. The molecule has 20 heavy (non-hydrogen) atoms. The predicted molar refractivity (Wildman–Crippen MR) is 82.9 cm³/mol. The van der Waals surface area contributed by atoms with Gasteiger partial charge < -0.3 is 10.5 Å². The second kappa shape index (κ2) is 5.74. The topological polar surface area (TPSA) is 48.1 Å². The van der Waals surface area contributed by atoms with Crippen LogP contribution in [0.25, 0.3) is 0 Å². The molecule has 0 radical (unpaired) electrons. The van der Waals surface area contributed by atoms with Crippen molar-refractivity contribution in [3.63, 3.8) is 0 Å². The molecule has 2 aliphatic rings. The van der Waals surface area contributed by atoms with Gasteiger partial charge in [0.2, 0.25) is 0 Å². The first kappa shape index (κ1) is 14.5. The van der Waals surface area contributed by atoms with Gasteiger partial charge in [0.1, 0.15) is 10.6 Å². The highest BCUT2D eigenvalue weighted by atomic mass is 32.1. The molecule has 2 fully saturated rings. The van der Waals surface area contributed by atoms with E-state index >= 15 is 0 Å². The van der Waals surface area contributed by atoms with Gasteiger partial charge in [-0.25, -0.2) is 4.98 Å². The van der Waals surface area contributed by atoms with Crippen molar-refractivity contribution >= 4 is 11.3 Å². The van der Waals surface area contributed by atoms with Gasteiger partial charge in [-0.1, -0.05) is 13.3 Å². The Kier molecular flexibility index (Phi) is 4.16. The van der Waals surface area contributed by atoms with E-state index < -0.39 is 0 Å². The van der Waals surface area contributed by atoms with Crippen molar-refractivity contribution in [2.24, 2.45) is 11.7 Å². The van der Waals surface area contributed by atoms with E-state index in [1.807, 2.05) is 11.3 Å². The Bertz CT molecular complexity index is 465. The van der Waals surface area contributed by atoms with Crippen LogP contribution in [0.1, 0.15) is 73.9 Å². The number of aromatic nitrogens is 1. The zero-order valence-electron chi connectivity index (χ0n) is 12.7. The number of hydrogen-bond donors (Lipinski definition) is 1. The molecule has 2 N–H and O–H groups in total. The molecule has 2 saturated carbocycles. The monoisotopic (exact) mass is 294 g/mol. The van der Waals surface area contributed by atoms with E-state index in [1.165, 1.54) is 41.3 Å². The Hall–Kier alpha value is -0.450. The molecule has 0 spiro atoms. The zero-order valence-corrected chi connectivity index (χ0v) is 13.5. The molecule has 1 aromatic rings. The van der Waals surface area contributed by atoms with Gasteiger partial charge in [-0.2, -0.15) is 0 Å². The standard InChI is InChI=1S/C16H26N2OS/c1-3-19-16(8-4-5-11(2)9-16)15-18-14(12-6-7-12)13(10-17)20-15/h11-12H,3-10,17H2,1-2H3. The molecule has 3 rings (SSSR count). The summed E-state index contributed by atoms with van der Waals surface area (Å²) in [7, 11) is 0. The first-order valence-electron chi connectivity index (χ1n) is 8.02. The minimum absolute atomic E-state index is 0.131. The Morgan fingerprint density at radius 1 is 1.40 bits per heavy atom. The lowest BCUT2D eigenvalue weighted by Gasteiger charge is -2.38. The molecule has 0 aliphatic heterocycles. The molecule has 0 saturated heterocycles. The van der Waals surface area contributed by atoms with Crippen LogP contribution in [0.4, 0.5) is 0 Å². The Morgan fingerprint density at radius 3 is 2.80 bits per heavy atom. The van der Waals surface area contributed by atoms with Crippen LogP contribution in [0.2, 0.25) is 0 Å². The quantitative estimate of drug-likeness (QED) is 0.895. The van der Waals surface area contributed by atoms with E-state index in [0.29, 0.717) is 12.5 Å². The molecule has 1 heterocycles. The number of nitrogens with zero attached hydrogens (tertiary/aromatic N) is 1. The fourth-order valence-corrected chi connectivity index (χ4v) is 4.75. The van der Waals surface area contributed by atoms with E-state index in [1.54, 1.807) is 0 Å². The zero-order chi connectivity index (χ0) is 14.2. The average Bonchev–Trinajstić information content (AvgIpc) is 3.18. The van der Waals surface area contributed by atoms with E-state index in [-0.39, 0.29) is 5.60 Å². The highest BCUT2D eigenvalue weighted by Gasteiger charge is 2.41. The molecule has 112 valence electrons. The van der Waals surface area contributed by atoms with Gasteiger partial charge in [0.05, 0.1) is 5.69 Å². The molecule has 4 heteroatoms. The van der Waals surface area contributed by atoms with Crippen molar-refractivity contribution in [1.82, 2.24) is 4.98 Å². The summed E-state index contributed by atoms with van der Waals surface area (Å²) in [5, 5.41) is 1.20. The van der Waals surface area contributed by atoms with Gasteiger partial charge in [0.25, 0.3) is 0 Å². The molecule has 2 atom stereocenters. The van der Waals surface area contributed by atoms with Crippen LogP contribution in [0.3, 0.4) is 0 Å². The van der Waals surface area contributed by atoms with Crippen LogP contribution < -0.4 is 5.73 Å². The lowest BCUT2D eigenvalue weighted by molar-refractivity contribution is -0.0821. The highest BCUT2D eigenvalue weighted by molar-refractivity contribution is 7.11. The lowest BCUT2D eigenvalue weighted by Crippen LogP contribution is -2.35. The summed E-state index contributed by atoms with van der Waals surface area (Å²) < 4.78 is 6.25. The van der Waals surface area contributed by atoms with Gasteiger partial charge in [0, 0.05) is 23.9 Å². The Balaban J connectivity index is 1.94. The van der Waals surface area contributed by atoms with E-state index in [4.69, 9.17) is 15.5 Å². The van der Waals surface area contributed by atoms with Gasteiger partial charge in [-0.3, -0.25) is 0 Å². The van der Waals surface area contributed by atoms with Crippen molar-refractivity contribution in [3.8, 4) is 0 Å². The number of ether oxygens (including phenoxy) is 1. The number of nitrogens with two attached hydrogens (primary N) is 1. The maximum Gasteiger partial charge on any atom is 0.125 e. The summed E-state index contributed by atoms with van der Waals surface area (Å²) in [5.74, 6) is 1.41. The fourth-order valence-electron chi connectivity index (χ4n) is 3.55. The minimum Gasteiger partial charge on any atom is -0.368 e. The Morgan fingerprint density at radius 2 is 2.20 bits per heavy atom.